The summed E-state index contributed by atoms with van der Waals surface area (Å²) in [6, 6.07) is 16.3. The Morgan fingerprint density at radius 3 is 2.73 bits per heavy atom. The molecule has 0 saturated heterocycles. The minimum atomic E-state index is -0.281. The molecular formula is C21H17N3O2. The van der Waals surface area contributed by atoms with Crippen LogP contribution >= 0.6 is 0 Å². The molecule has 0 aliphatic carbocycles. The Morgan fingerprint density at radius 1 is 1.04 bits per heavy atom. The summed E-state index contributed by atoms with van der Waals surface area (Å²) < 4.78 is 5.41. The minimum absolute atomic E-state index is 0.281. The highest BCUT2D eigenvalue weighted by Gasteiger charge is 2.13. The molecule has 5 heteroatoms. The SMILES string of the molecule is CCOc1ncccc1C(=O)Nc1cccc(C#Cc2ccccn2)c1. The Morgan fingerprint density at radius 2 is 1.92 bits per heavy atom. The van der Waals surface area contributed by atoms with Gasteiger partial charge in [0, 0.05) is 23.6 Å². The smallest absolute Gasteiger partial charge is 0.261 e. The molecule has 0 saturated carbocycles. The van der Waals surface area contributed by atoms with Gasteiger partial charge in [0.25, 0.3) is 5.91 Å². The molecule has 26 heavy (non-hydrogen) atoms. The molecule has 2 aromatic heterocycles. The van der Waals surface area contributed by atoms with Crippen LogP contribution in [0.1, 0.15) is 28.5 Å². The maximum atomic E-state index is 12.5. The van der Waals surface area contributed by atoms with Gasteiger partial charge in [-0.05, 0) is 55.3 Å². The van der Waals surface area contributed by atoms with E-state index in [1.54, 1.807) is 30.6 Å². The number of carbonyl (C=O) groups is 1. The highest BCUT2D eigenvalue weighted by atomic mass is 16.5. The second kappa shape index (κ2) is 8.45. The zero-order valence-corrected chi connectivity index (χ0v) is 14.3. The molecule has 3 aromatic rings. The number of nitrogens with one attached hydrogen (secondary N) is 1. The average molecular weight is 343 g/mol. The van der Waals surface area contributed by atoms with E-state index in [9.17, 15) is 4.79 Å². The first-order valence-corrected chi connectivity index (χ1v) is 8.18. The van der Waals surface area contributed by atoms with Crippen LogP contribution in [0.15, 0.2) is 67.0 Å². The number of amides is 1. The molecule has 0 unspecified atom stereocenters. The fraction of sp³-hybridized carbons (Fsp3) is 0.0952. The molecule has 0 fully saturated rings. The number of pyridine rings is 2. The number of rotatable bonds is 4. The van der Waals surface area contributed by atoms with Gasteiger partial charge in [0.05, 0.1) is 6.61 Å². The van der Waals surface area contributed by atoms with E-state index in [-0.39, 0.29) is 5.91 Å². The van der Waals surface area contributed by atoms with Crippen molar-refractivity contribution < 1.29 is 9.53 Å². The molecule has 2 heterocycles. The largest absolute Gasteiger partial charge is 0.477 e. The van der Waals surface area contributed by atoms with E-state index >= 15 is 0 Å². The molecule has 1 amide bonds. The third kappa shape index (κ3) is 4.46. The van der Waals surface area contributed by atoms with Crippen molar-refractivity contribution in [1.29, 1.82) is 0 Å². The van der Waals surface area contributed by atoms with Gasteiger partial charge in [-0.1, -0.05) is 18.1 Å². The van der Waals surface area contributed by atoms with Crippen LogP contribution in [0.2, 0.25) is 0 Å². The molecule has 0 spiro atoms. The summed E-state index contributed by atoms with van der Waals surface area (Å²) in [5.74, 6) is 6.08. The molecule has 5 nitrogen and oxygen atoms in total. The van der Waals surface area contributed by atoms with Crippen LogP contribution in [0, 0.1) is 11.8 Å². The fourth-order valence-corrected chi connectivity index (χ4v) is 2.26. The van der Waals surface area contributed by atoms with Gasteiger partial charge in [-0.2, -0.15) is 0 Å². The van der Waals surface area contributed by atoms with Crippen LogP contribution in [0.25, 0.3) is 0 Å². The summed E-state index contributed by atoms with van der Waals surface area (Å²) in [6.07, 6.45) is 3.29. The Labute approximate surface area is 152 Å². The summed E-state index contributed by atoms with van der Waals surface area (Å²) in [6.45, 7) is 2.29. The molecular weight excluding hydrogens is 326 g/mol. The van der Waals surface area contributed by atoms with Crippen LogP contribution < -0.4 is 10.1 Å². The van der Waals surface area contributed by atoms with E-state index in [2.05, 4.69) is 27.1 Å². The van der Waals surface area contributed by atoms with Crippen molar-refractivity contribution in [3.63, 3.8) is 0 Å². The zero-order chi connectivity index (χ0) is 18.2. The van der Waals surface area contributed by atoms with Gasteiger partial charge in [0.1, 0.15) is 11.3 Å². The van der Waals surface area contributed by atoms with E-state index in [1.165, 1.54) is 0 Å². The van der Waals surface area contributed by atoms with Crippen molar-refractivity contribution in [1.82, 2.24) is 9.97 Å². The van der Waals surface area contributed by atoms with Gasteiger partial charge >= 0.3 is 0 Å². The molecule has 0 aliphatic heterocycles. The van der Waals surface area contributed by atoms with E-state index in [4.69, 9.17) is 4.74 Å². The lowest BCUT2D eigenvalue weighted by Crippen LogP contribution is -2.14. The maximum Gasteiger partial charge on any atom is 0.261 e. The molecule has 3 rings (SSSR count). The Bertz CT molecular complexity index is 959. The van der Waals surface area contributed by atoms with E-state index in [1.807, 2.05) is 43.3 Å². The predicted molar refractivity (Wildman–Crippen MR) is 100 cm³/mol. The third-order valence-electron chi connectivity index (χ3n) is 3.42. The molecule has 0 bridgehead atoms. The van der Waals surface area contributed by atoms with Crippen LogP contribution in [0.3, 0.4) is 0 Å². The lowest BCUT2D eigenvalue weighted by Gasteiger charge is -2.09. The Hall–Kier alpha value is -3.65. The summed E-state index contributed by atoms with van der Waals surface area (Å²) in [5.41, 5.74) is 2.51. The van der Waals surface area contributed by atoms with Crippen LogP contribution in [0.5, 0.6) is 5.88 Å². The molecule has 0 atom stereocenters. The zero-order valence-electron chi connectivity index (χ0n) is 14.3. The van der Waals surface area contributed by atoms with Crippen molar-refractivity contribution in [2.24, 2.45) is 0 Å². The quantitative estimate of drug-likeness (QED) is 0.736. The van der Waals surface area contributed by atoms with Gasteiger partial charge in [0.2, 0.25) is 5.88 Å². The standard InChI is InChI=1S/C21H17N3O2/c1-2-26-21-19(10-6-14-23-21)20(25)24-18-9-5-7-16(15-18)11-12-17-8-3-4-13-22-17/h3-10,13-15H,2H2,1H3,(H,24,25). The normalized spacial score (nSPS) is 9.73. The van der Waals surface area contributed by atoms with Gasteiger partial charge < -0.3 is 10.1 Å². The van der Waals surface area contributed by atoms with Crippen molar-refractivity contribution in [3.05, 3.63) is 83.8 Å². The Kier molecular flexibility index (Phi) is 5.58. The highest BCUT2D eigenvalue weighted by molar-refractivity contribution is 6.05. The molecule has 128 valence electrons. The summed E-state index contributed by atoms with van der Waals surface area (Å²) >= 11 is 0. The summed E-state index contributed by atoms with van der Waals surface area (Å²) in [4.78, 5) is 20.8. The number of hydrogen-bond acceptors (Lipinski definition) is 4. The number of aromatic nitrogens is 2. The van der Waals surface area contributed by atoms with Gasteiger partial charge in [-0.25, -0.2) is 9.97 Å². The number of nitrogens with zero attached hydrogens (tertiary/aromatic N) is 2. The lowest BCUT2D eigenvalue weighted by molar-refractivity contribution is 0.102. The fourth-order valence-electron chi connectivity index (χ4n) is 2.26. The number of hydrogen-bond donors (Lipinski definition) is 1. The van der Waals surface area contributed by atoms with E-state index in [0.717, 1.165) is 5.56 Å². The van der Waals surface area contributed by atoms with Crippen molar-refractivity contribution in [2.75, 3.05) is 11.9 Å². The minimum Gasteiger partial charge on any atom is -0.477 e. The first-order chi connectivity index (χ1) is 12.8. The van der Waals surface area contributed by atoms with Crippen LogP contribution in [-0.4, -0.2) is 22.5 Å². The monoisotopic (exact) mass is 343 g/mol. The summed E-state index contributed by atoms with van der Waals surface area (Å²) in [5, 5.41) is 2.85. The first-order valence-electron chi connectivity index (χ1n) is 8.18. The maximum absolute atomic E-state index is 12.5. The predicted octanol–water partition coefficient (Wildman–Crippen LogP) is 3.53. The summed E-state index contributed by atoms with van der Waals surface area (Å²) in [7, 11) is 0. The van der Waals surface area contributed by atoms with Crippen LogP contribution in [0.4, 0.5) is 5.69 Å². The number of benzene rings is 1. The highest BCUT2D eigenvalue weighted by Crippen LogP contribution is 2.17. The van der Waals surface area contributed by atoms with E-state index < -0.39 is 0 Å². The lowest BCUT2D eigenvalue weighted by atomic mass is 10.2. The van der Waals surface area contributed by atoms with Gasteiger partial charge in [0.15, 0.2) is 0 Å². The topological polar surface area (TPSA) is 64.1 Å². The first kappa shape index (κ1) is 17.2. The van der Waals surface area contributed by atoms with Crippen molar-refractivity contribution >= 4 is 11.6 Å². The van der Waals surface area contributed by atoms with Crippen molar-refractivity contribution in [2.45, 2.75) is 6.92 Å². The second-order valence-corrected chi connectivity index (χ2v) is 5.29. The third-order valence-corrected chi connectivity index (χ3v) is 3.42. The van der Waals surface area contributed by atoms with Gasteiger partial charge in [-0.15, -0.1) is 0 Å². The molecule has 0 radical (unpaired) electrons. The molecule has 1 N–H and O–H groups in total. The number of anilines is 1. The van der Waals surface area contributed by atoms with Gasteiger partial charge in [-0.3, -0.25) is 4.79 Å². The number of ether oxygens (including phenoxy) is 1. The molecule has 1 aromatic carbocycles. The average Bonchev–Trinajstić information content (AvgIpc) is 2.68. The number of carbonyl (C=O) groups excluding carboxylic acids is 1. The van der Waals surface area contributed by atoms with Crippen molar-refractivity contribution in [3.8, 4) is 17.7 Å². The molecule has 0 aliphatic rings. The van der Waals surface area contributed by atoms with E-state index in [0.29, 0.717) is 29.4 Å². The van der Waals surface area contributed by atoms with Crippen LogP contribution in [-0.2, 0) is 0 Å². The second-order valence-electron chi connectivity index (χ2n) is 5.29. The Balaban J connectivity index is 1.77.